The highest BCUT2D eigenvalue weighted by molar-refractivity contribution is 9.10. The fourth-order valence-corrected chi connectivity index (χ4v) is 5.02. The summed E-state index contributed by atoms with van der Waals surface area (Å²) in [6.45, 7) is 4.23. The molecule has 7 nitrogen and oxygen atoms in total. The summed E-state index contributed by atoms with van der Waals surface area (Å²) in [5.41, 5.74) is 1.65. The van der Waals surface area contributed by atoms with Crippen LogP contribution in [0.2, 0.25) is 0 Å². The predicted molar refractivity (Wildman–Crippen MR) is 130 cm³/mol. The van der Waals surface area contributed by atoms with Gasteiger partial charge in [-0.15, -0.1) is 0 Å². The van der Waals surface area contributed by atoms with E-state index in [1.54, 1.807) is 6.08 Å². The van der Waals surface area contributed by atoms with E-state index in [1.807, 2.05) is 39.9 Å². The molecule has 2 aromatic rings. The van der Waals surface area contributed by atoms with Crippen molar-refractivity contribution in [2.45, 2.75) is 57.7 Å². The van der Waals surface area contributed by atoms with E-state index in [-0.39, 0.29) is 30.2 Å². The first-order valence-corrected chi connectivity index (χ1v) is 12.3. The molecule has 2 saturated heterocycles. The second-order valence-electron chi connectivity index (χ2n) is 8.82. The lowest BCUT2D eigenvalue weighted by atomic mass is 10.0. The summed E-state index contributed by atoms with van der Waals surface area (Å²) >= 11 is 3.51. The average Bonchev–Trinajstić information content (AvgIpc) is 3.44. The number of nitrogens with one attached hydrogen (secondary N) is 1. The van der Waals surface area contributed by atoms with Crippen molar-refractivity contribution in [1.82, 2.24) is 14.8 Å². The summed E-state index contributed by atoms with van der Waals surface area (Å²) in [6.07, 6.45) is 8.60. The number of piperidine rings is 1. The minimum atomic E-state index is -0.415. The lowest BCUT2D eigenvalue weighted by Gasteiger charge is -2.33. The van der Waals surface area contributed by atoms with Crippen molar-refractivity contribution in [3.8, 4) is 6.07 Å². The molecule has 0 radical (unpaired) electrons. The van der Waals surface area contributed by atoms with Crippen LogP contribution in [0.1, 0.15) is 44.6 Å². The Balaban J connectivity index is 1.58. The summed E-state index contributed by atoms with van der Waals surface area (Å²) in [5, 5.41) is 13.3. The number of rotatable bonds is 6. The normalized spacial score (nSPS) is 21.2. The Hall–Kier alpha value is -2.63. The Morgan fingerprint density at radius 1 is 1.30 bits per heavy atom. The molecule has 3 heterocycles. The maximum Gasteiger partial charge on any atom is 0.262 e. The molecule has 0 saturated carbocycles. The number of ether oxygens (including phenoxy) is 1. The third-order valence-electron chi connectivity index (χ3n) is 6.48. The molecule has 2 atom stereocenters. The number of amides is 2. The van der Waals surface area contributed by atoms with Gasteiger partial charge in [0, 0.05) is 52.9 Å². The van der Waals surface area contributed by atoms with Gasteiger partial charge in [0.15, 0.2) is 0 Å². The third kappa shape index (κ3) is 5.48. The molecule has 0 unspecified atom stereocenters. The number of hydrogen-bond donors (Lipinski definition) is 1. The van der Waals surface area contributed by atoms with E-state index < -0.39 is 5.91 Å². The van der Waals surface area contributed by atoms with Gasteiger partial charge in [-0.1, -0.05) is 15.9 Å². The minimum Gasteiger partial charge on any atom is -0.376 e. The topological polar surface area (TPSA) is 87.4 Å². The van der Waals surface area contributed by atoms with Crippen LogP contribution in [0.5, 0.6) is 0 Å². The zero-order valence-electron chi connectivity index (χ0n) is 18.8. The van der Waals surface area contributed by atoms with Gasteiger partial charge in [-0.25, -0.2) is 0 Å². The van der Waals surface area contributed by atoms with E-state index in [1.165, 1.54) is 0 Å². The van der Waals surface area contributed by atoms with Crippen molar-refractivity contribution in [3.05, 3.63) is 40.0 Å². The zero-order valence-corrected chi connectivity index (χ0v) is 20.4. The molecule has 0 aliphatic carbocycles. The van der Waals surface area contributed by atoms with E-state index in [2.05, 4.69) is 28.2 Å². The summed E-state index contributed by atoms with van der Waals surface area (Å²) in [4.78, 5) is 27.6. The van der Waals surface area contributed by atoms with Crippen LogP contribution in [0.3, 0.4) is 0 Å². The number of aromatic nitrogens is 1. The van der Waals surface area contributed by atoms with Gasteiger partial charge < -0.3 is 19.5 Å². The second-order valence-corrected chi connectivity index (χ2v) is 9.74. The van der Waals surface area contributed by atoms with Gasteiger partial charge in [0.2, 0.25) is 5.91 Å². The zero-order chi connectivity index (χ0) is 23.4. The highest BCUT2D eigenvalue weighted by Gasteiger charge is 2.24. The van der Waals surface area contributed by atoms with Crippen molar-refractivity contribution >= 4 is 44.7 Å². The molecule has 2 fully saturated rings. The maximum atomic E-state index is 13.0. The highest BCUT2D eigenvalue weighted by atomic mass is 79.9. The Morgan fingerprint density at radius 3 is 2.88 bits per heavy atom. The molecule has 0 spiro atoms. The van der Waals surface area contributed by atoms with Gasteiger partial charge in [-0.2, -0.15) is 5.26 Å². The maximum absolute atomic E-state index is 13.0. The SMILES string of the molecule is C[C@H]1CCCCN1C(=O)Cn1cc(/C=C(\C#N)C(=O)NC[C@@H]2CCCO2)c2cc(Br)ccc21. The fourth-order valence-electron chi connectivity index (χ4n) is 4.66. The number of carbonyl (C=O) groups excluding carboxylic acids is 2. The number of carbonyl (C=O) groups is 2. The van der Waals surface area contributed by atoms with Crippen LogP contribution < -0.4 is 5.32 Å². The molecule has 1 N–H and O–H groups in total. The van der Waals surface area contributed by atoms with Crippen LogP contribution >= 0.6 is 15.9 Å². The molecular formula is C25H29BrN4O3. The van der Waals surface area contributed by atoms with Crippen molar-refractivity contribution in [2.24, 2.45) is 0 Å². The molecule has 174 valence electrons. The van der Waals surface area contributed by atoms with Gasteiger partial charge in [0.25, 0.3) is 5.91 Å². The van der Waals surface area contributed by atoms with E-state index in [0.29, 0.717) is 13.2 Å². The second kappa shape index (κ2) is 10.5. The Bertz CT molecular complexity index is 1110. The van der Waals surface area contributed by atoms with Gasteiger partial charge in [0.05, 0.1) is 6.10 Å². The van der Waals surface area contributed by atoms with Gasteiger partial charge in [-0.05, 0) is 63.3 Å². The smallest absolute Gasteiger partial charge is 0.262 e. The van der Waals surface area contributed by atoms with Crippen LogP contribution in [-0.2, 0) is 20.9 Å². The van der Waals surface area contributed by atoms with E-state index in [9.17, 15) is 14.9 Å². The molecule has 2 amide bonds. The molecule has 1 aromatic carbocycles. The summed E-state index contributed by atoms with van der Waals surface area (Å²) in [6, 6.07) is 8.11. The van der Waals surface area contributed by atoms with Crippen LogP contribution in [0, 0.1) is 11.3 Å². The molecule has 33 heavy (non-hydrogen) atoms. The van der Waals surface area contributed by atoms with Crippen molar-refractivity contribution < 1.29 is 14.3 Å². The summed E-state index contributed by atoms with van der Waals surface area (Å²) in [7, 11) is 0. The first-order chi connectivity index (χ1) is 16.0. The number of halogens is 1. The first kappa shape index (κ1) is 23.5. The van der Waals surface area contributed by atoms with Crippen molar-refractivity contribution in [1.29, 1.82) is 5.26 Å². The number of benzene rings is 1. The number of nitrogens with zero attached hydrogens (tertiary/aromatic N) is 3. The molecule has 8 heteroatoms. The lowest BCUT2D eigenvalue weighted by Crippen LogP contribution is -2.43. The van der Waals surface area contributed by atoms with Gasteiger partial charge in [-0.3, -0.25) is 9.59 Å². The van der Waals surface area contributed by atoms with Crippen LogP contribution in [0.25, 0.3) is 17.0 Å². The summed E-state index contributed by atoms with van der Waals surface area (Å²) in [5.74, 6) is -0.325. The van der Waals surface area contributed by atoms with Gasteiger partial charge >= 0.3 is 0 Å². The quantitative estimate of drug-likeness (QED) is 0.467. The van der Waals surface area contributed by atoms with E-state index in [0.717, 1.165) is 59.6 Å². The Labute approximate surface area is 202 Å². The predicted octanol–water partition coefficient (Wildman–Crippen LogP) is 4.01. The standard InChI is InChI=1S/C25H29BrN4O3/c1-17-5-2-3-9-30(17)24(31)16-29-15-19(22-12-20(26)7-8-23(22)29)11-18(13-27)25(32)28-14-21-6-4-10-33-21/h7-8,11-12,15,17,21H,2-6,9-10,14,16H2,1H3,(H,28,32)/b18-11+/t17-,21-/m0/s1. The van der Waals surface area contributed by atoms with Crippen molar-refractivity contribution in [2.75, 3.05) is 19.7 Å². The van der Waals surface area contributed by atoms with E-state index in [4.69, 9.17) is 4.74 Å². The Morgan fingerprint density at radius 2 is 2.15 bits per heavy atom. The van der Waals surface area contributed by atoms with Crippen molar-refractivity contribution in [3.63, 3.8) is 0 Å². The van der Waals surface area contributed by atoms with E-state index >= 15 is 0 Å². The molecule has 2 aliphatic heterocycles. The average molecular weight is 513 g/mol. The molecule has 1 aromatic heterocycles. The minimum absolute atomic E-state index is 0.00922. The number of nitriles is 1. The van der Waals surface area contributed by atoms with Crippen LogP contribution in [0.4, 0.5) is 0 Å². The summed E-state index contributed by atoms with van der Waals surface area (Å²) < 4.78 is 8.34. The van der Waals surface area contributed by atoms with Crippen LogP contribution in [-0.4, -0.2) is 53.1 Å². The number of hydrogen-bond acceptors (Lipinski definition) is 4. The molecule has 0 bridgehead atoms. The number of fused-ring (bicyclic) bond motifs is 1. The molecule has 2 aliphatic rings. The highest BCUT2D eigenvalue weighted by Crippen LogP contribution is 2.28. The first-order valence-electron chi connectivity index (χ1n) is 11.6. The monoisotopic (exact) mass is 512 g/mol. The van der Waals surface area contributed by atoms with Gasteiger partial charge in [0.1, 0.15) is 18.2 Å². The third-order valence-corrected chi connectivity index (χ3v) is 6.98. The largest absolute Gasteiger partial charge is 0.376 e. The number of likely N-dealkylation sites (tertiary alicyclic amines) is 1. The molecule has 4 rings (SSSR count). The molecular weight excluding hydrogens is 484 g/mol. The Kier molecular flexibility index (Phi) is 7.51. The lowest BCUT2D eigenvalue weighted by molar-refractivity contribution is -0.135. The van der Waals surface area contributed by atoms with Crippen LogP contribution in [0.15, 0.2) is 34.4 Å². The fraction of sp³-hybridized carbons (Fsp3) is 0.480.